The highest BCUT2D eigenvalue weighted by Gasteiger charge is 2.06. The van der Waals surface area contributed by atoms with E-state index in [1.54, 1.807) is 4.68 Å². The largest absolute Gasteiger partial charge is 0.494 e. The lowest BCUT2D eigenvalue weighted by molar-refractivity contribution is 0.299. The van der Waals surface area contributed by atoms with Crippen molar-refractivity contribution in [1.29, 1.82) is 0 Å². The second-order valence-electron chi connectivity index (χ2n) is 3.56. The molecule has 2 rings (SSSR count). The predicted octanol–water partition coefficient (Wildman–Crippen LogP) is 1.88. The third-order valence-electron chi connectivity index (χ3n) is 2.40. The highest BCUT2D eigenvalue weighted by molar-refractivity contribution is 5.63. The second-order valence-corrected chi connectivity index (χ2v) is 3.56. The molecule has 0 radical (unpaired) electrons. The molecule has 0 aliphatic rings. The summed E-state index contributed by atoms with van der Waals surface area (Å²) in [5.74, 6) is 1.41. The van der Waals surface area contributed by atoms with Crippen molar-refractivity contribution in [3.8, 4) is 11.4 Å². The number of hydrogen-bond acceptors (Lipinski definition) is 4. The van der Waals surface area contributed by atoms with Crippen LogP contribution >= 0.6 is 0 Å². The highest BCUT2D eigenvalue weighted by Crippen LogP contribution is 2.19. The summed E-state index contributed by atoms with van der Waals surface area (Å²) >= 11 is 0. The second kappa shape index (κ2) is 4.78. The maximum absolute atomic E-state index is 5.34. The van der Waals surface area contributed by atoms with Crippen LogP contribution in [0, 0.1) is 0 Å². The number of tetrazole rings is 1. The van der Waals surface area contributed by atoms with Crippen LogP contribution in [0.2, 0.25) is 0 Å². The van der Waals surface area contributed by atoms with Gasteiger partial charge < -0.3 is 4.74 Å². The van der Waals surface area contributed by atoms with Crippen molar-refractivity contribution in [2.75, 3.05) is 6.61 Å². The van der Waals surface area contributed by atoms with Gasteiger partial charge in [-0.2, -0.15) is 0 Å². The standard InChI is InChI=1S/C12H14N4O/c1-4-17-9(2)10-5-7-11(8-6-10)12-13-14-15-16(12)3/h5-8H,2,4H2,1,3H3. The highest BCUT2D eigenvalue weighted by atomic mass is 16.5. The Morgan fingerprint density at radius 1 is 1.35 bits per heavy atom. The molecular weight excluding hydrogens is 216 g/mol. The Morgan fingerprint density at radius 2 is 2.06 bits per heavy atom. The van der Waals surface area contributed by atoms with Crippen LogP contribution in [0.15, 0.2) is 30.8 Å². The van der Waals surface area contributed by atoms with Gasteiger partial charge in [0.25, 0.3) is 0 Å². The fraction of sp³-hybridized carbons (Fsp3) is 0.250. The molecular formula is C12H14N4O. The van der Waals surface area contributed by atoms with Crippen molar-refractivity contribution in [2.45, 2.75) is 6.92 Å². The van der Waals surface area contributed by atoms with E-state index in [4.69, 9.17) is 4.74 Å². The number of ether oxygens (including phenoxy) is 1. The number of aryl methyl sites for hydroxylation is 1. The normalized spacial score (nSPS) is 10.2. The third kappa shape index (κ3) is 2.33. The molecule has 0 saturated carbocycles. The van der Waals surface area contributed by atoms with Crippen LogP contribution in [0.4, 0.5) is 0 Å². The first-order chi connectivity index (χ1) is 8.22. The summed E-state index contributed by atoms with van der Waals surface area (Å²) in [6.07, 6.45) is 0. The number of aromatic nitrogens is 4. The Kier molecular flexibility index (Phi) is 3.18. The van der Waals surface area contributed by atoms with Crippen LogP contribution in [0.25, 0.3) is 17.1 Å². The van der Waals surface area contributed by atoms with Gasteiger partial charge in [0.1, 0.15) is 5.76 Å². The molecule has 0 atom stereocenters. The van der Waals surface area contributed by atoms with E-state index in [1.807, 2.05) is 38.2 Å². The molecule has 2 aromatic rings. The van der Waals surface area contributed by atoms with Crippen LogP contribution in [-0.2, 0) is 11.8 Å². The summed E-state index contributed by atoms with van der Waals surface area (Å²) in [6, 6.07) is 7.79. The predicted molar refractivity (Wildman–Crippen MR) is 64.9 cm³/mol. The zero-order valence-electron chi connectivity index (χ0n) is 9.92. The molecule has 0 saturated heterocycles. The number of benzene rings is 1. The van der Waals surface area contributed by atoms with E-state index in [1.165, 1.54) is 0 Å². The molecule has 0 unspecified atom stereocenters. The smallest absolute Gasteiger partial charge is 0.181 e. The fourth-order valence-electron chi connectivity index (χ4n) is 1.54. The molecule has 0 bridgehead atoms. The molecule has 0 N–H and O–H groups in total. The van der Waals surface area contributed by atoms with E-state index in [0.29, 0.717) is 12.4 Å². The van der Waals surface area contributed by atoms with E-state index in [0.717, 1.165) is 17.0 Å². The molecule has 0 spiro atoms. The Bertz CT molecular complexity index is 516. The zero-order chi connectivity index (χ0) is 12.3. The first-order valence-corrected chi connectivity index (χ1v) is 5.37. The van der Waals surface area contributed by atoms with Crippen molar-refractivity contribution >= 4 is 5.76 Å². The summed E-state index contributed by atoms with van der Waals surface area (Å²) in [6.45, 7) is 6.41. The molecule has 0 aliphatic carbocycles. The first kappa shape index (κ1) is 11.3. The minimum atomic E-state index is 0.619. The Labute approximate surface area is 99.7 Å². The molecule has 5 heteroatoms. The van der Waals surface area contributed by atoms with Crippen LogP contribution in [-0.4, -0.2) is 26.8 Å². The third-order valence-corrected chi connectivity index (χ3v) is 2.40. The quantitative estimate of drug-likeness (QED) is 0.752. The van der Waals surface area contributed by atoms with Crippen LogP contribution in [0.1, 0.15) is 12.5 Å². The topological polar surface area (TPSA) is 52.8 Å². The van der Waals surface area contributed by atoms with Crippen LogP contribution in [0.3, 0.4) is 0 Å². The first-order valence-electron chi connectivity index (χ1n) is 5.37. The molecule has 0 amide bonds. The van der Waals surface area contributed by atoms with Gasteiger partial charge in [0.05, 0.1) is 6.61 Å². The molecule has 0 fully saturated rings. The van der Waals surface area contributed by atoms with E-state index >= 15 is 0 Å². The van der Waals surface area contributed by atoms with Crippen molar-refractivity contribution in [3.63, 3.8) is 0 Å². The molecule has 0 aliphatic heterocycles. The Morgan fingerprint density at radius 3 is 2.59 bits per heavy atom. The summed E-state index contributed by atoms with van der Waals surface area (Å²) in [4.78, 5) is 0. The van der Waals surface area contributed by atoms with E-state index < -0.39 is 0 Å². The minimum Gasteiger partial charge on any atom is -0.494 e. The average molecular weight is 230 g/mol. The van der Waals surface area contributed by atoms with Crippen LogP contribution in [0.5, 0.6) is 0 Å². The lowest BCUT2D eigenvalue weighted by Gasteiger charge is -2.07. The fourth-order valence-corrected chi connectivity index (χ4v) is 1.54. The molecule has 1 aromatic carbocycles. The summed E-state index contributed by atoms with van der Waals surface area (Å²) < 4.78 is 6.97. The number of nitrogens with zero attached hydrogens (tertiary/aromatic N) is 4. The average Bonchev–Trinajstić information content (AvgIpc) is 2.76. The zero-order valence-corrected chi connectivity index (χ0v) is 9.92. The van der Waals surface area contributed by atoms with E-state index in [2.05, 4.69) is 22.1 Å². The van der Waals surface area contributed by atoms with Gasteiger partial charge in [0.2, 0.25) is 0 Å². The maximum atomic E-state index is 5.34. The number of rotatable bonds is 4. The summed E-state index contributed by atoms with van der Waals surface area (Å²) in [5.41, 5.74) is 1.93. The van der Waals surface area contributed by atoms with Crippen molar-refractivity contribution in [1.82, 2.24) is 20.2 Å². The van der Waals surface area contributed by atoms with Gasteiger partial charge >= 0.3 is 0 Å². The van der Waals surface area contributed by atoms with Crippen molar-refractivity contribution in [3.05, 3.63) is 36.4 Å². The monoisotopic (exact) mass is 230 g/mol. The van der Waals surface area contributed by atoms with Crippen molar-refractivity contribution in [2.24, 2.45) is 7.05 Å². The molecule has 1 aromatic heterocycles. The SMILES string of the molecule is C=C(OCC)c1ccc(-c2nnnn2C)cc1. The van der Waals surface area contributed by atoms with E-state index in [9.17, 15) is 0 Å². The van der Waals surface area contributed by atoms with Gasteiger partial charge in [0.15, 0.2) is 5.82 Å². The van der Waals surface area contributed by atoms with Gasteiger partial charge in [-0.05, 0) is 17.4 Å². The maximum Gasteiger partial charge on any atom is 0.181 e. The van der Waals surface area contributed by atoms with Gasteiger partial charge in [0, 0.05) is 18.2 Å². The molecule has 5 nitrogen and oxygen atoms in total. The molecule has 17 heavy (non-hydrogen) atoms. The van der Waals surface area contributed by atoms with Gasteiger partial charge in [-0.3, -0.25) is 0 Å². The van der Waals surface area contributed by atoms with Gasteiger partial charge in [-0.25, -0.2) is 4.68 Å². The summed E-state index contributed by atoms with van der Waals surface area (Å²) in [7, 11) is 1.81. The molecule has 88 valence electrons. The minimum absolute atomic E-state index is 0.619. The van der Waals surface area contributed by atoms with Crippen LogP contribution < -0.4 is 0 Å². The van der Waals surface area contributed by atoms with Crippen molar-refractivity contribution < 1.29 is 4.74 Å². The van der Waals surface area contributed by atoms with Gasteiger partial charge in [-0.15, -0.1) is 5.10 Å². The lowest BCUT2D eigenvalue weighted by Crippen LogP contribution is -1.95. The molecule has 1 heterocycles. The number of hydrogen-bond donors (Lipinski definition) is 0. The Hall–Kier alpha value is -2.17. The van der Waals surface area contributed by atoms with E-state index in [-0.39, 0.29) is 0 Å². The lowest BCUT2D eigenvalue weighted by atomic mass is 10.1. The van der Waals surface area contributed by atoms with Gasteiger partial charge in [-0.1, -0.05) is 30.8 Å². The summed E-state index contributed by atoms with van der Waals surface area (Å²) in [5, 5.41) is 11.3. The Balaban J connectivity index is 2.25.